The molecule has 5 heteroatoms. The SMILES string of the molecule is CCc1cnc(CNc2c(C#N)cnc3ccccc23)s1. The molecule has 21 heavy (non-hydrogen) atoms. The molecule has 1 N–H and O–H groups in total. The Morgan fingerprint density at radius 3 is 2.86 bits per heavy atom. The third kappa shape index (κ3) is 2.71. The van der Waals surface area contributed by atoms with Gasteiger partial charge >= 0.3 is 0 Å². The summed E-state index contributed by atoms with van der Waals surface area (Å²) in [5, 5.41) is 14.6. The summed E-state index contributed by atoms with van der Waals surface area (Å²) >= 11 is 1.70. The molecule has 0 aliphatic rings. The number of rotatable bonds is 4. The average molecular weight is 294 g/mol. The van der Waals surface area contributed by atoms with Crippen molar-refractivity contribution in [3.8, 4) is 6.07 Å². The van der Waals surface area contributed by atoms with Gasteiger partial charge in [-0.05, 0) is 12.5 Å². The van der Waals surface area contributed by atoms with E-state index in [1.807, 2.05) is 30.5 Å². The molecule has 3 aromatic rings. The summed E-state index contributed by atoms with van der Waals surface area (Å²) in [7, 11) is 0. The maximum Gasteiger partial charge on any atom is 0.112 e. The second-order valence-electron chi connectivity index (χ2n) is 4.60. The molecule has 2 aromatic heterocycles. The zero-order valence-corrected chi connectivity index (χ0v) is 12.4. The second kappa shape index (κ2) is 5.90. The number of nitriles is 1. The van der Waals surface area contributed by atoms with Gasteiger partial charge in [-0.25, -0.2) is 4.98 Å². The van der Waals surface area contributed by atoms with Crippen LogP contribution in [0.3, 0.4) is 0 Å². The number of hydrogen-bond acceptors (Lipinski definition) is 5. The van der Waals surface area contributed by atoms with Crippen LogP contribution in [0, 0.1) is 11.3 Å². The van der Waals surface area contributed by atoms with Crippen molar-refractivity contribution in [2.75, 3.05) is 5.32 Å². The molecule has 104 valence electrons. The Kier molecular flexibility index (Phi) is 3.80. The number of nitrogens with one attached hydrogen (secondary N) is 1. The van der Waals surface area contributed by atoms with Crippen LogP contribution in [0.2, 0.25) is 0 Å². The van der Waals surface area contributed by atoms with Gasteiger partial charge < -0.3 is 5.32 Å². The van der Waals surface area contributed by atoms with Gasteiger partial charge in [-0.2, -0.15) is 5.26 Å². The van der Waals surface area contributed by atoms with Crippen LogP contribution in [0.25, 0.3) is 10.9 Å². The zero-order chi connectivity index (χ0) is 14.7. The average Bonchev–Trinajstić information content (AvgIpc) is 3.00. The number of anilines is 1. The van der Waals surface area contributed by atoms with E-state index in [0.717, 1.165) is 28.0 Å². The fraction of sp³-hybridized carbons (Fsp3) is 0.188. The summed E-state index contributed by atoms with van der Waals surface area (Å²) < 4.78 is 0. The molecule has 0 fully saturated rings. The summed E-state index contributed by atoms with van der Waals surface area (Å²) in [6, 6.07) is 10.0. The molecule has 2 heterocycles. The summed E-state index contributed by atoms with van der Waals surface area (Å²) in [5.41, 5.74) is 2.27. The molecule has 4 nitrogen and oxygen atoms in total. The smallest absolute Gasteiger partial charge is 0.112 e. The van der Waals surface area contributed by atoms with E-state index < -0.39 is 0 Å². The highest BCUT2D eigenvalue weighted by Crippen LogP contribution is 2.26. The number of thiazole rings is 1. The molecule has 0 unspecified atom stereocenters. The number of hydrogen-bond donors (Lipinski definition) is 1. The molecule has 3 rings (SSSR count). The monoisotopic (exact) mass is 294 g/mol. The molecule has 0 spiro atoms. The minimum atomic E-state index is 0.556. The van der Waals surface area contributed by atoms with E-state index in [2.05, 4.69) is 28.3 Å². The first kappa shape index (κ1) is 13.5. The molecule has 0 saturated carbocycles. The quantitative estimate of drug-likeness (QED) is 0.796. The van der Waals surface area contributed by atoms with Crippen LogP contribution in [0.5, 0.6) is 0 Å². The van der Waals surface area contributed by atoms with E-state index in [1.165, 1.54) is 4.88 Å². The van der Waals surface area contributed by atoms with E-state index in [4.69, 9.17) is 0 Å². The maximum absolute atomic E-state index is 9.27. The van der Waals surface area contributed by atoms with E-state index in [0.29, 0.717) is 12.1 Å². The van der Waals surface area contributed by atoms with Crippen LogP contribution < -0.4 is 5.32 Å². The third-order valence-electron chi connectivity index (χ3n) is 3.26. The van der Waals surface area contributed by atoms with Crippen molar-refractivity contribution < 1.29 is 0 Å². The largest absolute Gasteiger partial charge is 0.377 e. The molecule has 1 aromatic carbocycles. The van der Waals surface area contributed by atoms with Gasteiger partial charge in [-0.3, -0.25) is 4.98 Å². The first-order chi connectivity index (χ1) is 10.3. The number of aromatic nitrogens is 2. The lowest BCUT2D eigenvalue weighted by molar-refractivity contribution is 1.09. The second-order valence-corrected chi connectivity index (χ2v) is 5.80. The molecule has 0 saturated heterocycles. The first-order valence-electron chi connectivity index (χ1n) is 6.77. The minimum absolute atomic E-state index is 0.556. The fourth-order valence-corrected chi connectivity index (χ4v) is 2.98. The van der Waals surface area contributed by atoms with Crippen LogP contribution in [0.1, 0.15) is 22.4 Å². The minimum Gasteiger partial charge on any atom is -0.377 e. The van der Waals surface area contributed by atoms with Crippen molar-refractivity contribution in [1.29, 1.82) is 5.26 Å². The summed E-state index contributed by atoms with van der Waals surface area (Å²) in [5.74, 6) is 0. The normalized spacial score (nSPS) is 10.5. The van der Waals surface area contributed by atoms with Crippen molar-refractivity contribution in [2.45, 2.75) is 19.9 Å². The Balaban J connectivity index is 1.93. The van der Waals surface area contributed by atoms with Crippen molar-refractivity contribution in [2.24, 2.45) is 0 Å². The molecular formula is C16H14N4S. The van der Waals surface area contributed by atoms with Crippen LogP contribution in [-0.4, -0.2) is 9.97 Å². The molecule has 0 radical (unpaired) electrons. The van der Waals surface area contributed by atoms with E-state index >= 15 is 0 Å². The van der Waals surface area contributed by atoms with Gasteiger partial charge in [0.2, 0.25) is 0 Å². The number of aryl methyl sites for hydroxylation is 1. The van der Waals surface area contributed by atoms with Crippen LogP contribution >= 0.6 is 11.3 Å². The highest BCUT2D eigenvalue weighted by molar-refractivity contribution is 7.11. The maximum atomic E-state index is 9.27. The number of nitrogens with zero attached hydrogens (tertiary/aromatic N) is 3. The Morgan fingerprint density at radius 2 is 2.10 bits per heavy atom. The highest BCUT2D eigenvalue weighted by Gasteiger charge is 2.09. The highest BCUT2D eigenvalue weighted by atomic mass is 32.1. The summed E-state index contributed by atoms with van der Waals surface area (Å²) in [4.78, 5) is 9.97. The molecule has 0 aliphatic heterocycles. The van der Waals surface area contributed by atoms with Crippen molar-refractivity contribution >= 4 is 27.9 Å². The van der Waals surface area contributed by atoms with Crippen LogP contribution in [-0.2, 0) is 13.0 Å². The Morgan fingerprint density at radius 1 is 1.24 bits per heavy atom. The predicted molar refractivity (Wildman–Crippen MR) is 85.3 cm³/mol. The fourth-order valence-electron chi connectivity index (χ4n) is 2.17. The third-order valence-corrected chi connectivity index (χ3v) is 4.40. The lowest BCUT2D eigenvalue weighted by atomic mass is 10.1. The Bertz CT molecular complexity index is 817. The topological polar surface area (TPSA) is 61.6 Å². The van der Waals surface area contributed by atoms with Gasteiger partial charge in [0.05, 0.1) is 23.3 Å². The van der Waals surface area contributed by atoms with E-state index in [9.17, 15) is 5.26 Å². The van der Waals surface area contributed by atoms with Crippen molar-refractivity contribution in [1.82, 2.24) is 9.97 Å². The standard InChI is InChI=1S/C16H14N4S/c1-2-12-9-19-15(21-12)10-20-16-11(7-17)8-18-14-6-4-3-5-13(14)16/h3-6,8-9H,2,10H2,1H3,(H,18,20). The predicted octanol–water partition coefficient (Wildman–Crippen LogP) is 3.74. The van der Waals surface area contributed by atoms with E-state index in [-0.39, 0.29) is 0 Å². The van der Waals surface area contributed by atoms with Gasteiger partial charge in [0, 0.05) is 22.7 Å². The molecule has 0 aliphatic carbocycles. The number of benzene rings is 1. The van der Waals surface area contributed by atoms with Gasteiger partial charge in [-0.1, -0.05) is 25.1 Å². The van der Waals surface area contributed by atoms with Crippen molar-refractivity contribution in [3.63, 3.8) is 0 Å². The zero-order valence-electron chi connectivity index (χ0n) is 11.6. The van der Waals surface area contributed by atoms with Crippen LogP contribution in [0.15, 0.2) is 36.7 Å². The Hall–Kier alpha value is -2.45. The first-order valence-corrected chi connectivity index (χ1v) is 7.58. The molecule has 0 atom stereocenters. The van der Waals surface area contributed by atoms with Gasteiger partial charge in [0.25, 0.3) is 0 Å². The van der Waals surface area contributed by atoms with Gasteiger partial charge in [-0.15, -0.1) is 11.3 Å². The lowest BCUT2D eigenvalue weighted by Gasteiger charge is -2.09. The van der Waals surface area contributed by atoms with Crippen LogP contribution in [0.4, 0.5) is 5.69 Å². The number of fused-ring (bicyclic) bond motifs is 1. The Labute approximate surface area is 127 Å². The van der Waals surface area contributed by atoms with Gasteiger partial charge in [0.15, 0.2) is 0 Å². The lowest BCUT2D eigenvalue weighted by Crippen LogP contribution is -2.02. The van der Waals surface area contributed by atoms with E-state index in [1.54, 1.807) is 17.5 Å². The van der Waals surface area contributed by atoms with Gasteiger partial charge in [0.1, 0.15) is 11.1 Å². The molecule has 0 amide bonds. The molecular weight excluding hydrogens is 280 g/mol. The summed E-state index contributed by atoms with van der Waals surface area (Å²) in [6.45, 7) is 2.74. The number of para-hydroxylation sites is 1. The van der Waals surface area contributed by atoms with Crippen molar-refractivity contribution in [3.05, 3.63) is 52.1 Å². The summed E-state index contributed by atoms with van der Waals surface area (Å²) in [6.07, 6.45) is 4.53. The number of pyridine rings is 1. The molecule has 0 bridgehead atoms.